The molecule has 0 radical (unpaired) electrons. The van der Waals surface area contributed by atoms with Gasteiger partial charge in [-0.25, -0.2) is 0 Å². The SMILES string of the molecule is CN(C)[C@H](CNC(=O)c1ccc(OC(F)(F)F)cc1)c1ccsc1. The summed E-state index contributed by atoms with van der Waals surface area (Å²) in [5.74, 6) is -0.709. The summed E-state index contributed by atoms with van der Waals surface area (Å²) in [6.45, 7) is 0.392. The molecule has 0 spiro atoms. The van der Waals surface area contributed by atoms with Gasteiger partial charge in [0.1, 0.15) is 5.75 Å². The van der Waals surface area contributed by atoms with Crippen molar-refractivity contribution in [3.05, 3.63) is 52.2 Å². The third-order valence-electron chi connectivity index (χ3n) is 3.36. The Kier molecular flexibility index (Phi) is 5.84. The van der Waals surface area contributed by atoms with Crippen molar-refractivity contribution in [2.75, 3.05) is 20.6 Å². The molecule has 1 atom stereocenters. The molecule has 0 aliphatic rings. The van der Waals surface area contributed by atoms with Crippen molar-refractivity contribution < 1.29 is 22.7 Å². The summed E-state index contributed by atoms with van der Waals surface area (Å²) in [5.41, 5.74) is 1.37. The van der Waals surface area contributed by atoms with E-state index in [1.165, 1.54) is 12.1 Å². The topological polar surface area (TPSA) is 41.6 Å². The number of nitrogens with one attached hydrogen (secondary N) is 1. The Balaban J connectivity index is 1.96. The summed E-state index contributed by atoms with van der Waals surface area (Å²) in [7, 11) is 3.83. The number of hydrogen-bond acceptors (Lipinski definition) is 4. The number of amides is 1. The van der Waals surface area contributed by atoms with E-state index in [0.717, 1.165) is 17.7 Å². The van der Waals surface area contributed by atoms with E-state index in [-0.39, 0.29) is 23.3 Å². The smallest absolute Gasteiger partial charge is 0.406 e. The van der Waals surface area contributed by atoms with Gasteiger partial charge in [-0.1, -0.05) is 0 Å². The quantitative estimate of drug-likeness (QED) is 0.857. The number of hydrogen-bond donors (Lipinski definition) is 1. The molecular weight excluding hydrogens is 341 g/mol. The predicted molar refractivity (Wildman–Crippen MR) is 86.2 cm³/mol. The van der Waals surface area contributed by atoms with Gasteiger partial charge in [0.2, 0.25) is 0 Å². The number of halogens is 3. The van der Waals surface area contributed by atoms with Gasteiger partial charge in [-0.3, -0.25) is 4.79 Å². The number of nitrogens with zero attached hydrogens (tertiary/aromatic N) is 1. The van der Waals surface area contributed by atoms with Crippen LogP contribution in [0.4, 0.5) is 13.2 Å². The maximum atomic E-state index is 12.1. The van der Waals surface area contributed by atoms with Crippen molar-refractivity contribution >= 4 is 17.2 Å². The monoisotopic (exact) mass is 358 g/mol. The zero-order chi connectivity index (χ0) is 17.7. The first-order valence-corrected chi connectivity index (χ1v) is 8.03. The van der Waals surface area contributed by atoms with Crippen molar-refractivity contribution in [3.63, 3.8) is 0 Å². The first-order chi connectivity index (χ1) is 11.3. The van der Waals surface area contributed by atoms with Crippen LogP contribution >= 0.6 is 11.3 Å². The van der Waals surface area contributed by atoms with Crippen LogP contribution in [0, 0.1) is 0 Å². The molecule has 1 aromatic carbocycles. The van der Waals surface area contributed by atoms with Crippen molar-refractivity contribution in [1.82, 2.24) is 10.2 Å². The number of alkyl halides is 3. The van der Waals surface area contributed by atoms with Crippen molar-refractivity contribution in [2.24, 2.45) is 0 Å². The lowest BCUT2D eigenvalue weighted by atomic mass is 10.1. The molecule has 130 valence electrons. The second kappa shape index (κ2) is 7.67. The number of ether oxygens (including phenoxy) is 1. The summed E-state index contributed by atoms with van der Waals surface area (Å²) in [6.07, 6.45) is -4.75. The molecule has 24 heavy (non-hydrogen) atoms. The molecular formula is C16H17F3N2O2S. The summed E-state index contributed by atoms with van der Waals surface area (Å²) in [5, 5.41) is 6.78. The second-order valence-corrected chi connectivity index (χ2v) is 6.10. The van der Waals surface area contributed by atoms with E-state index in [9.17, 15) is 18.0 Å². The van der Waals surface area contributed by atoms with Crippen LogP contribution in [0.5, 0.6) is 5.75 Å². The molecule has 0 fully saturated rings. The van der Waals surface area contributed by atoms with Gasteiger partial charge in [-0.05, 0) is 60.8 Å². The zero-order valence-electron chi connectivity index (χ0n) is 13.1. The van der Waals surface area contributed by atoms with Crippen LogP contribution in [-0.2, 0) is 0 Å². The largest absolute Gasteiger partial charge is 0.573 e. The Hall–Kier alpha value is -2.06. The van der Waals surface area contributed by atoms with Crippen LogP contribution in [0.3, 0.4) is 0 Å². The Morgan fingerprint density at radius 2 is 1.92 bits per heavy atom. The minimum atomic E-state index is -4.75. The van der Waals surface area contributed by atoms with E-state index in [1.54, 1.807) is 11.3 Å². The Bertz CT molecular complexity index is 655. The maximum absolute atomic E-state index is 12.1. The highest BCUT2D eigenvalue weighted by molar-refractivity contribution is 7.07. The lowest BCUT2D eigenvalue weighted by Gasteiger charge is -2.24. The molecule has 4 nitrogen and oxygen atoms in total. The van der Waals surface area contributed by atoms with Gasteiger partial charge in [0.25, 0.3) is 5.91 Å². The third-order valence-corrected chi connectivity index (χ3v) is 4.06. The molecule has 0 saturated carbocycles. The van der Waals surface area contributed by atoms with E-state index in [4.69, 9.17) is 0 Å². The second-order valence-electron chi connectivity index (χ2n) is 5.32. The fourth-order valence-electron chi connectivity index (χ4n) is 2.16. The minimum absolute atomic E-state index is 0.0213. The average molecular weight is 358 g/mol. The van der Waals surface area contributed by atoms with E-state index in [0.29, 0.717) is 6.54 Å². The number of carbonyl (C=O) groups excluding carboxylic acids is 1. The van der Waals surface area contributed by atoms with Gasteiger partial charge in [-0.15, -0.1) is 13.2 Å². The van der Waals surface area contributed by atoms with E-state index < -0.39 is 6.36 Å². The maximum Gasteiger partial charge on any atom is 0.573 e. The molecule has 0 bridgehead atoms. The molecule has 2 rings (SSSR count). The van der Waals surface area contributed by atoms with Gasteiger partial charge >= 0.3 is 6.36 Å². The summed E-state index contributed by atoms with van der Waals surface area (Å²) < 4.78 is 40.1. The number of likely N-dealkylation sites (N-methyl/N-ethyl adjacent to an activating group) is 1. The summed E-state index contributed by atoms with van der Waals surface area (Å²) >= 11 is 1.58. The third kappa shape index (κ3) is 5.24. The molecule has 0 aliphatic carbocycles. The first kappa shape index (κ1) is 18.3. The van der Waals surface area contributed by atoms with Crippen molar-refractivity contribution in [1.29, 1.82) is 0 Å². The van der Waals surface area contributed by atoms with Gasteiger partial charge in [-0.2, -0.15) is 11.3 Å². The van der Waals surface area contributed by atoms with Crippen LogP contribution in [0.15, 0.2) is 41.1 Å². The molecule has 0 aliphatic heterocycles. The number of thiophene rings is 1. The molecule has 8 heteroatoms. The Morgan fingerprint density at radius 1 is 1.25 bits per heavy atom. The molecule has 1 N–H and O–H groups in total. The molecule has 1 amide bonds. The van der Waals surface area contributed by atoms with E-state index >= 15 is 0 Å². The van der Waals surface area contributed by atoms with Gasteiger partial charge in [0.15, 0.2) is 0 Å². The molecule has 1 aromatic heterocycles. The van der Waals surface area contributed by atoms with Gasteiger partial charge in [0, 0.05) is 12.1 Å². The fourth-order valence-corrected chi connectivity index (χ4v) is 2.87. The highest BCUT2D eigenvalue weighted by Gasteiger charge is 2.31. The fraction of sp³-hybridized carbons (Fsp3) is 0.312. The number of benzene rings is 1. The first-order valence-electron chi connectivity index (χ1n) is 7.09. The lowest BCUT2D eigenvalue weighted by Crippen LogP contribution is -2.34. The van der Waals surface area contributed by atoms with E-state index in [2.05, 4.69) is 10.1 Å². The van der Waals surface area contributed by atoms with Crippen LogP contribution < -0.4 is 10.1 Å². The lowest BCUT2D eigenvalue weighted by molar-refractivity contribution is -0.274. The van der Waals surface area contributed by atoms with Crippen molar-refractivity contribution in [3.8, 4) is 5.75 Å². The molecule has 1 heterocycles. The van der Waals surface area contributed by atoms with Crippen LogP contribution in [0.2, 0.25) is 0 Å². The highest BCUT2D eigenvalue weighted by atomic mass is 32.1. The van der Waals surface area contributed by atoms with E-state index in [1.807, 2.05) is 35.8 Å². The van der Waals surface area contributed by atoms with Gasteiger partial charge in [0.05, 0.1) is 6.04 Å². The molecule has 0 saturated heterocycles. The normalized spacial score (nSPS) is 12.9. The van der Waals surface area contributed by atoms with Gasteiger partial charge < -0.3 is 15.0 Å². The highest BCUT2D eigenvalue weighted by Crippen LogP contribution is 2.23. The number of carbonyl (C=O) groups is 1. The summed E-state index contributed by atoms with van der Waals surface area (Å²) in [4.78, 5) is 14.1. The molecule has 2 aromatic rings. The predicted octanol–water partition coefficient (Wildman–Crippen LogP) is 3.68. The zero-order valence-corrected chi connectivity index (χ0v) is 13.9. The standard InChI is InChI=1S/C16H17F3N2O2S/c1-21(2)14(12-7-8-24-10-12)9-20-15(22)11-3-5-13(6-4-11)23-16(17,18)19/h3-8,10,14H,9H2,1-2H3,(H,20,22)/t14-/m1/s1. The van der Waals surface area contributed by atoms with Crippen LogP contribution in [0.25, 0.3) is 0 Å². The Morgan fingerprint density at radius 3 is 2.42 bits per heavy atom. The molecule has 0 unspecified atom stereocenters. The minimum Gasteiger partial charge on any atom is -0.406 e. The van der Waals surface area contributed by atoms with Crippen molar-refractivity contribution in [2.45, 2.75) is 12.4 Å². The Labute approximate surface area is 141 Å². The van der Waals surface area contributed by atoms with Crippen LogP contribution in [0.1, 0.15) is 22.0 Å². The summed E-state index contributed by atoms with van der Waals surface area (Å²) in [6, 6.07) is 6.84. The van der Waals surface area contributed by atoms with Crippen LogP contribution in [-0.4, -0.2) is 37.8 Å². The average Bonchev–Trinajstić information content (AvgIpc) is 3.00. The number of rotatable bonds is 6.